The van der Waals surface area contributed by atoms with E-state index >= 15 is 0 Å². The number of carbonyl (C=O) groups is 1. The lowest BCUT2D eigenvalue weighted by Crippen LogP contribution is -2.16. The van der Waals surface area contributed by atoms with E-state index in [2.05, 4.69) is 0 Å². The van der Waals surface area contributed by atoms with Crippen molar-refractivity contribution in [2.24, 2.45) is 5.92 Å². The molecule has 116 valence electrons. The van der Waals surface area contributed by atoms with Crippen molar-refractivity contribution in [2.75, 3.05) is 0 Å². The van der Waals surface area contributed by atoms with Crippen molar-refractivity contribution in [3.05, 3.63) is 0 Å². The summed E-state index contributed by atoms with van der Waals surface area (Å²) >= 11 is 0. The summed E-state index contributed by atoms with van der Waals surface area (Å²) < 4.78 is 0. The first-order valence-corrected chi connectivity index (χ1v) is 3.53. The summed E-state index contributed by atoms with van der Waals surface area (Å²) in [5, 5.41) is 8.54. The van der Waals surface area contributed by atoms with Gasteiger partial charge in [0.25, 0.3) is 0 Å². The van der Waals surface area contributed by atoms with Crippen molar-refractivity contribution in [3.8, 4) is 0 Å². The van der Waals surface area contributed by atoms with E-state index in [9.17, 15) is 4.79 Å². The largest absolute Gasteiger partial charge is 0.481 e. The highest BCUT2D eigenvalue weighted by Gasteiger charge is 2.19. The lowest BCUT2D eigenvalue weighted by Gasteiger charge is -2.16. The fraction of sp³-hybridized carbons (Fsp3) is 0.857. The van der Waals surface area contributed by atoms with Gasteiger partial charge in [0.2, 0.25) is 0 Å². The summed E-state index contributed by atoms with van der Waals surface area (Å²) in [5.74, 6) is -0.631. The first-order chi connectivity index (χ1) is 4.30. The van der Waals surface area contributed by atoms with Crippen LogP contribution in [0.25, 0.3) is 0 Å². The van der Waals surface area contributed by atoms with E-state index in [0.717, 1.165) is 25.7 Å². The molecule has 1 fully saturated rings. The Morgan fingerprint density at radius 1 is 0.706 bits per heavy atom. The quantitative estimate of drug-likeness (QED) is 0.490. The van der Waals surface area contributed by atoms with Gasteiger partial charge in [0, 0.05) is 0 Å². The third-order valence-corrected chi connectivity index (χ3v) is 1.95. The highest BCUT2D eigenvalue weighted by molar-refractivity contribution is 5.69. The molecular weight excluding hydrogens is 244 g/mol. The Hall–Kier alpha value is -0.850. The van der Waals surface area contributed by atoms with Crippen molar-refractivity contribution in [1.82, 2.24) is 0 Å². The van der Waals surface area contributed by atoms with Gasteiger partial charge in [-0.25, -0.2) is 0 Å². The Balaban J connectivity index is -0.0000000169. The molecule has 1 saturated carbocycles. The van der Waals surface area contributed by atoms with Gasteiger partial charge in [0.1, 0.15) is 0 Å². The van der Waals surface area contributed by atoms with Crippen LogP contribution in [0, 0.1) is 5.92 Å². The van der Waals surface area contributed by atoms with Crippen molar-refractivity contribution in [2.45, 2.75) is 32.1 Å². The average molecular weight is 272 g/mol. The molecule has 0 unspecified atom stereocenters. The van der Waals surface area contributed by atoms with Crippen LogP contribution in [0.15, 0.2) is 0 Å². The van der Waals surface area contributed by atoms with Gasteiger partial charge >= 0.3 is 5.97 Å². The smallest absolute Gasteiger partial charge is 0.306 e. The van der Waals surface area contributed by atoms with Gasteiger partial charge in [0.05, 0.1) is 5.92 Å². The lowest BCUT2D eigenvalue weighted by molar-refractivity contribution is -0.142. The van der Waals surface area contributed by atoms with Crippen LogP contribution in [0.3, 0.4) is 0 Å². The maximum atomic E-state index is 10.4. The monoisotopic (exact) mass is 272 g/mol. The second kappa shape index (κ2) is 29.4. The molecule has 0 aromatic rings. The first kappa shape index (κ1) is 55.8. The number of hydrogen-bond acceptors (Lipinski definition) is 1. The van der Waals surface area contributed by atoms with E-state index in [4.69, 9.17) is 5.11 Å². The number of aliphatic carboxylic acids is 1. The molecule has 0 amide bonds. The van der Waals surface area contributed by atoms with Gasteiger partial charge in [-0.05, 0) is 12.8 Å². The van der Waals surface area contributed by atoms with Crippen LogP contribution < -0.4 is 0 Å². The van der Waals surface area contributed by atoms with E-state index in [1.807, 2.05) is 0 Å². The molecule has 17 N–H and O–H groups in total. The number of carboxylic acids is 1. The predicted octanol–water partition coefficient (Wildman–Crippen LogP) is -4.95. The van der Waals surface area contributed by atoms with E-state index in [1.54, 1.807) is 0 Å². The number of carboxylic acid groups (broad SMARTS) is 1. The standard InChI is InChI=1S/C7H12O2.8H2O/c8-7(9)6-4-2-1-3-5-6;;;;;;;;/h6H,1-5H2,(H,8,9);8*1H2. The molecule has 1 aliphatic rings. The molecule has 0 saturated heterocycles. The van der Waals surface area contributed by atoms with Crippen molar-refractivity contribution in [1.29, 1.82) is 0 Å². The summed E-state index contributed by atoms with van der Waals surface area (Å²) in [6.45, 7) is 0. The Kier molecular flexibility index (Phi) is 96.7. The van der Waals surface area contributed by atoms with E-state index < -0.39 is 5.97 Å². The molecular formula is C7H28O10. The first-order valence-electron chi connectivity index (χ1n) is 3.53. The van der Waals surface area contributed by atoms with Gasteiger partial charge < -0.3 is 48.9 Å². The van der Waals surface area contributed by atoms with E-state index in [1.165, 1.54) is 6.42 Å². The van der Waals surface area contributed by atoms with Gasteiger partial charge in [-0.2, -0.15) is 0 Å². The van der Waals surface area contributed by atoms with Crippen LogP contribution in [0.5, 0.6) is 0 Å². The van der Waals surface area contributed by atoms with Crippen molar-refractivity contribution >= 4 is 5.97 Å². The molecule has 0 spiro atoms. The maximum absolute atomic E-state index is 10.4. The summed E-state index contributed by atoms with van der Waals surface area (Å²) in [5.41, 5.74) is 0. The molecule has 0 atom stereocenters. The van der Waals surface area contributed by atoms with Crippen LogP contribution >= 0.6 is 0 Å². The van der Waals surface area contributed by atoms with E-state index in [-0.39, 0.29) is 49.7 Å². The van der Waals surface area contributed by atoms with Crippen molar-refractivity contribution < 1.29 is 53.7 Å². The predicted molar refractivity (Wildman–Crippen MR) is 63.1 cm³/mol. The Bertz CT molecular complexity index is 113. The molecule has 17 heavy (non-hydrogen) atoms. The summed E-state index contributed by atoms with van der Waals surface area (Å²) in [6, 6.07) is 0. The third kappa shape index (κ3) is 21.1. The zero-order valence-electron chi connectivity index (χ0n) is 9.47. The maximum Gasteiger partial charge on any atom is 0.306 e. The second-order valence-corrected chi connectivity index (χ2v) is 2.67. The minimum atomic E-state index is -0.602. The molecule has 0 radical (unpaired) electrons. The molecule has 10 heteroatoms. The van der Waals surface area contributed by atoms with Crippen LogP contribution in [0.2, 0.25) is 0 Å². The molecule has 0 heterocycles. The van der Waals surface area contributed by atoms with Crippen LogP contribution in [-0.2, 0) is 4.79 Å². The number of hydrogen-bond donors (Lipinski definition) is 1. The summed E-state index contributed by atoms with van der Waals surface area (Å²) in [7, 11) is 0. The Labute approximate surface area is 98.7 Å². The zero-order chi connectivity index (χ0) is 6.69. The molecule has 10 nitrogen and oxygen atoms in total. The topological polar surface area (TPSA) is 289 Å². The summed E-state index contributed by atoms with van der Waals surface area (Å²) in [6.07, 6.45) is 5.24. The highest BCUT2D eigenvalue weighted by Crippen LogP contribution is 2.23. The van der Waals surface area contributed by atoms with Crippen LogP contribution in [0.1, 0.15) is 32.1 Å². The van der Waals surface area contributed by atoms with Gasteiger partial charge in [-0.1, -0.05) is 19.3 Å². The Morgan fingerprint density at radius 3 is 1.18 bits per heavy atom. The number of rotatable bonds is 1. The lowest BCUT2D eigenvalue weighted by atomic mass is 9.90. The second-order valence-electron chi connectivity index (χ2n) is 2.67. The molecule has 0 bridgehead atoms. The van der Waals surface area contributed by atoms with Gasteiger partial charge in [0.15, 0.2) is 0 Å². The molecule has 0 aromatic carbocycles. The van der Waals surface area contributed by atoms with Crippen LogP contribution in [-0.4, -0.2) is 54.9 Å². The normalized spacial score (nSPS) is 11.5. The zero-order valence-corrected chi connectivity index (χ0v) is 9.47. The van der Waals surface area contributed by atoms with Gasteiger partial charge in [-0.3, -0.25) is 4.79 Å². The van der Waals surface area contributed by atoms with Crippen LogP contribution in [0.4, 0.5) is 0 Å². The summed E-state index contributed by atoms with van der Waals surface area (Å²) in [4.78, 5) is 10.4. The van der Waals surface area contributed by atoms with E-state index in [0.29, 0.717) is 0 Å². The SMILES string of the molecule is O.O.O.O.O.O.O.O.O=C(O)C1CCCCC1. The van der Waals surface area contributed by atoms with Crippen molar-refractivity contribution in [3.63, 3.8) is 0 Å². The minimum absolute atomic E-state index is 0. The molecule has 1 rings (SSSR count). The highest BCUT2D eigenvalue weighted by atomic mass is 16.4. The molecule has 1 aliphatic carbocycles. The fourth-order valence-corrected chi connectivity index (χ4v) is 1.35. The fourth-order valence-electron chi connectivity index (χ4n) is 1.35. The minimum Gasteiger partial charge on any atom is -0.481 e. The average Bonchev–Trinajstić information content (AvgIpc) is 1.90. The third-order valence-electron chi connectivity index (χ3n) is 1.95. The Morgan fingerprint density at radius 2 is 1.00 bits per heavy atom. The molecule has 0 aromatic heterocycles. The van der Waals surface area contributed by atoms with Gasteiger partial charge in [-0.15, -0.1) is 0 Å². The molecule has 0 aliphatic heterocycles.